The maximum atomic E-state index is 6.12. The second-order valence-electron chi connectivity index (χ2n) is 5.24. The minimum absolute atomic E-state index is 0.00781. The topological polar surface area (TPSA) is 35.2 Å². The molecule has 2 heteroatoms. The molecule has 2 N–H and O–H groups in total. The monoisotopic (exact) mass is 233 g/mol. The second-order valence-corrected chi connectivity index (χ2v) is 5.24. The summed E-state index contributed by atoms with van der Waals surface area (Å²) in [6.45, 7) is 2.95. The smallest absolute Gasteiger partial charge is 0.0663 e. The Morgan fingerprint density at radius 1 is 1.29 bits per heavy atom. The van der Waals surface area contributed by atoms with Crippen LogP contribution in [0.4, 0.5) is 0 Å². The average molecular weight is 233 g/mol. The van der Waals surface area contributed by atoms with E-state index in [1.165, 1.54) is 25.7 Å². The van der Waals surface area contributed by atoms with Crippen LogP contribution in [0.15, 0.2) is 30.3 Å². The largest absolute Gasteiger partial charge is 0.376 e. The van der Waals surface area contributed by atoms with E-state index in [0.717, 1.165) is 11.5 Å². The Morgan fingerprint density at radius 3 is 2.76 bits per heavy atom. The molecule has 1 aromatic carbocycles. The summed E-state index contributed by atoms with van der Waals surface area (Å²) in [6, 6.07) is 10.2. The van der Waals surface area contributed by atoms with Crippen LogP contribution < -0.4 is 5.73 Å². The lowest BCUT2D eigenvalue weighted by Crippen LogP contribution is -2.26. The van der Waals surface area contributed by atoms with E-state index < -0.39 is 0 Å². The molecule has 2 rings (SSSR count). The van der Waals surface area contributed by atoms with E-state index in [4.69, 9.17) is 10.5 Å². The normalized spacial score (nSPS) is 26.7. The van der Waals surface area contributed by atoms with E-state index in [9.17, 15) is 0 Å². The first-order valence-corrected chi connectivity index (χ1v) is 6.68. The van der Waals surface area contributed by atoms with Gasteiger partial charge in [-0.05, 0) is 24.3 Å². The third-order valence-corrected chi connectivity index (χ3v) is 3.63. The molecule has 3 unspecified atom stereocenters. The first-order chi connectivity index (χ1) is 8.25. The van der Waals surface area contributed by atoms with Gasteiger partial charge in [-0.2, -0.15) is 0 Å². The van der Waals surface area contributed by atoms with Gasteiger partial charge in [-0.25, -0.2) is 0 Å². The molecule has 1 saturated carbocycles. The summed E-state index contributed by atoms with van der Waals surface area (Å²) < 4.78 is 5.94. The zero-order chi connectivity index (χ0) is 12.1. The van der Waals surface area contributed by atoms with Crippen LogP contribution in [0.5, 0.6) is 0 Å². The molecule has 0 saturated heterocycles. The number of ether oxygens (including phenoxy) is 1. The lowest BCUT2D eigenvalue weighted by atomic mass is 9.89. The number of nitrogens with two attached hydrogens (primary N) is 1. The van der Waals surface area contributed by atoms with E-state index in [2.05, 4.69) is 19.1 Å². The Hall–Kier alpha value is -0.860. The maximum absolute atomic E-state index is 6.12. The summed E-state index contributed by atoms with van der Waals surface area (Å²) in [6.07, 6.45) is 5.47. The fraction of sp³-hybridized carbons (Fsp3) is 0.600. The van der Waals surface area contributed by atoms with E-state index in [1.807, 2.05) is 18.2 Å². The number of hydrogen-bond donors (Lipinski definition) is 1. The van der Waals surface area contributed by atoms with Crippen LogP contribution in [0.3, 0.4) is 0 Å². The molecule has 0 radical (unpaired) electrons. The van der Waals surface area contributed by atoms with Crippen molar-refractivity contribution < 1.29 is 4.74 Å². The van der Waals surface area contributed by atoms with Crippen LogP contribution in [0.25, 0.3) is 0 Å². The van der Waals surface area contributed by atoms with E-state index in [0.29, 0.717) is 12.7 Å². The summed E-state index contributed by atoms with van der Waals surface area (Å²) in [5.74, 6) is 0.807. The number of hydrogen-bond acceptors (Lipinski definition) is 2. The highest BCUT2D eigenvalue weighted by molar-refractivity contribution is 5.18. The van der Waals surface area contributed by atoms with Crippen molar-refractivity contribution in [2.45, 2.75) is 44.8 Å². The van der Waals surface area contributed by atoms with Gasteiger partial charge in [0.1, 0.15) is 0 Å². The SMILES string of the molecule is CC1CCCC(OCC(N)c2ccccc2)C1. The van der Waals surface area contributed by atoms with E-state index >= 15 is 0 Å². The van der Waals surface area contributed by atoms with Gasteiger partial charge in [-0.1, -0.05) is 50.1 Å². The minimum Gasteiger partial charge on any atom is -0.376 e. The molecule has 0 spiro atoms. The molecule has 1 aliphatic rings. The fourth-order valence-electron chi connectivity index (χ4n) is 2.57. The third kappa shape index (κ3) is 3.83. The zero-order valence-corrected chi connectivity index (χ0v) is 10.6. The van der Waals surface area contributed by atoms with Crippen LogP contribution in [-0.4, -0.2) is 12.7 Å². The molecular weight excluding hydrogens is 210 g/mol. The van der Waals surface area contributed by atoms with Gasteiger partial charge < -0.3 is 10.5 Å². The van der Waals surface area contributed by atoms with Gasteiger partial charge in [0, 0.05) is 0 Å². The molecule has 0 amide bonds. The second kappa shape index (κ2) is 6.18. The Labute approximate surface area is 104 Å². The third-order valence-electron chi connectivity index (χ3n) is 3.63. The maximum Gasteiger partial charge on any atom is 0.0663 e. The molecule has 0 aliphatic heterocycles. The molecule has 0 bridgehead atoms. The summed E-state index contributed by atoms with van der Waals surface area (Å²) in [5.41, 5.74) is 7.29. The summed E-state index contributed by atoms with van der Waals surface area (Å²) >= 11 is 0. The molecule has 1 aliphatic carbocycles. The lowest BCUT2D eigenvalue weighted by Gasteiger charge is -2.27. The van der Waals surface area contributed by atoms with Crippen LogP contribution in [0.1, 0.15) is 44.2 Å². The van der Waals surface area contributed by atoms with E-state index in [-0.39, 0.29) is 6.04 Å². The van der Waals surface area contributed by atoms with Crippen LogP contribution in [0, 0.1) is 5.92 Å². The summed E-state index contributed by atoms with van der Waals surface area (Å²) in [7, 11) is 0. The Morgan fingerprint density at radius 2 is 2.06 bits per heavy atom. The van der Waals surface area contributed by atoms with Crippen molar-refractivity contribution in [2.24, 2.45) is 11.7 Å². The predicted octanol–water partition coefficient (Wildman–Crippen LogP) is 3.28. The molecule has 1 aromatic rings. The molecule has 1 fully saturated rings. The lowest BCUT2D eigenvalue weighted by molar-refractivity contribution is 0.00851. The van der Waals surface area contributed by atoms with Crippen molar-refractivity contribution in [1.29, 1.82) is 0 Å². The van der Waals surface area contributed by atoms with Crippen molar-refractivity contribution in [3.8, 4) is 0 Å². The predicted molar refractivity (Wildman–Crippen MR) is 70.7 cm³/mol. The van der Waals surface area contributed by atoms with E-state index in [1.54, 1.807) is 0 Å². The Kier molecular flexibility index (Phi) is 4.57. The van der Waals surface area contributed by atoms with Gasteiger partial charge in [-0.3, -0.25) is 0 Å². The number of benzene rings is 1. The molecule has 0 heterocycles. The Balaban J connectivity index is 1.78. The van der Waals surface area contributed by atoms with Crippen molar-refractivity contribution in [2.75, 3.05) is 6.61 Å². The zero-order valence-electron chi connectivity index (χ0n) is 10.6. The summed E-state index contributed by atoms with van der Waals surface area (Å²) in [4.78, 5) is 0. The molecule has 2 nitrogen and oxygen atoms in total. The highest BCUT2D eigenvalue weighted by atomic mass is 16.5. The van der Waals surface area contributed by atoms with Crippen molar-refractivity contribution >= 4 is 0 Å². The van der Waals surface area contributed by atoms with Crippen molar-refractivity contribution in [1.82, 2.24) is 0 Å². The van der Waals surface area contributed by atoms with Gasteiger partial charge >= 0.3 is 0 Å². The van der Waals surface area contributed by atoms with Crippen LogP contribution in [0.2, 0.25) is 0 Å². The van der Waals surface area contributed by atoms with Gasteiger partial charge in [0.2, 0.25) is 0 Å². The molecule has 0 aromatic heterocycles. The van der Waals surface area contributed by atoms with Crippen LogP contribution in [-0.2, 0) is 4.74 Å². The van der Waals surface area contributed by atoms with Gasteiger partial charge in [0.05, 0.1) is 18.8 Å². The van der Waals surface area contributed by atoms with Crippen molar-refractivity contribution in [3.05, 3.63) is 35.9 Å². The van der Waals surface area contributed by atoms with Crippen molar-refractivity contribution in [3.63, 3.8) is 0 Å². The average Bonchev–Trinajstić information content (AvgIpc) is 2.37. The van der Waals surface area contributed by atoms with Gasteiger partial charge in [-0.15, -0.1) is 0 Å². The summed E-state index contributed by atoms with van der Waals surface area (Å²) in [5, 5.41) is 0. The van der Waals surface area contributed by atoms with Gasteiger partial charge in [0.25, 0.3) is 0 Å². The minimum atomic E-state index is 0.00781. The molecule has 94 valence electrons. The quantitative estimate of drug-likeness (QED) is 0.866. The fourth-order valence-corrected chi connectivity index (χ4v) is 2.57. The Bertz CT molecular complexity index is 325. The number of rotatable bonds is 4. The molecule has 3 atom stereocenters. The van der Waals surface area contributed by atoms with Gasteiger partial charge in [0.15, 0.2) is 0 Å². The highest BCUT2D eigenvalue weighted by Crippen LogP contribution is 2.26. The molecular formula is C15H23NO. The van der Waals surface area contributed by atoms with Crippen LogP contribution >= 0.6 is 0 Å². The highest BCUT2D eigenvalue weighted by Gasteiger charge is 2.20. The standard InChI is InChI=1S/C15H23NO/c1-12-6-5-9-14(10-12)17-11-15(16)13-7-3-2-4-8-13/h2-4,7-8,12,14-15H,5-6,9-11,16H2,1H3. The molecule has 17 heavy (non-hydrogen) atoms. The first kappa shape index (κ1) is 12.6. The first-order valence-electron chi connectivity index (χ1n) is 6.68.